The molecule has 5 heteroatoms. The van der Waals surface area contributed by atoms with Gasteiger partial charge in [-0.3, -0.25) is 9.78 Å². The van der Waals surface area contributed by atoms with Crippen LogP contribution in [0.15, 0.2) is 30.5 Å². The number of benzene rings is 1. The van der Waals surface area contributed by atoms with Crippen LogP contribution in [0.25, 0.3) is 0 Å². The maximum Gasteiger partial charge on any atom is 0.255 e. The Morgan fingerprint density at radius 2 is 2.05 bits per heavy atom. The van der Waals surface area contributed by atoms with Crippen LogP contribution in [0.2, 0.25) is 0 Å². The molecule has 98 valence electrons. The molecular weight excluding hydrogens is 245 g/mol. The Morgan fingerprint density at radius 3 is 2.68 bits per heavy atom. The molecule has 0 aliphatic carbocycles. The van der Waals surface area contributed by atoms with Crippen LogP contribution in [0.1, 0.15) is 21.6 Å². The SMILES string of the molecule is Cc1cc(NC(=O)c2cc(N)c(C)c(F)c2)ccn1. The van der Waals surface area contributed by atoms with Gasteiger partial charge in [0.2, 0.25) is 0 Å². The first-order valence-corrected chi connectivity index (χ1v) is 5.77. The average molecular weight is 259 g/mol. The van der Waals surface area contributed by atoms with Crippen LogP contribution >= 0.6 is 0 Å². The van der Waals surface area contributed by atoms with E-state index in [1.54, 1.807) is 25.3 Å². The quantitative estimate of drug-likeness (QED) is 0.815. The summed E-state index contributed by atoms with van der Waals surface area (Å²) in [7, 11) is 0. The van der Waals surface area contributed by atoms with Crippen molar-refractivity contribution in [2.45, 2.75) is 13.8 Å². The standard InChI is InChI=1S/C14H14FN3O/c1-8-5-11(3-4-17-8)18-14(19)10-6-12(15)9(2)13(16)7-10/h3-7H,16H2,1-2H3,(H,17,18,19). The molecule has 0 radical (unpaired) electrons. The summed E-state index contributed by atoms with van der Waals surface area (Å²) in [6, 6.07) is 6.03. The van der Waals surface area contributed by atoms with Crippen LogP contribution in [0.5, 0.6) is 0 Å². The monoisotopic (exact) mass is 259 g/mol. The number of carbonyl (C=O) groups excluding carboxylic acids is 1. The predicted molar refractivity (Wildman–Crippen MR) is 72.5 cm³/mol. The number of nitrogens with zero attached hydrogens (tertiary/aromatic N) is 1. The van der Waals surface area contributed by atoms with Gasteiger partial charge in [-0.15, -0.1) is 0 Å². The Balaban J connectivity index is 2.25. The number of amides is 1. The van der Waals surface area contributed by atoms with Gasteiger partial charge in [0.15, 0.2) is 0 Å². The first kappa shape index (κ1) is 13.0. The number of carbonyl (C=O) groups is 1. The third-order valence-corrected chi connectivity index (χ3v) is 2.80. The molecule has 0 atom stereocenters. The van der Waals surface area contributed by atoms with E-state index < -0.39 is 11.7 Å². The fourth-order valence-corrected chi connectivity index (χ4v) is 1.66. The number of hydrogen-bond acceptors (Lipinski definition) is 3. The van der Waals surface area contributed by atoms with Gasteiger partial charge in [0, 0.05) is 34.4 Å². The van der Waals surface area contributed by atoms with Gasteiger partial charge < -0.3 is 11.1 Å². The van der Waals surface area contributed by atoms with Gasteiger partial charge in [-0.2, -0.15) is 0 Å². The zero-order valence-corrected chi connectivity index (χ0v) is 10.7. The normalized spacial score (nSPS) is 10.3. The van der Waals surface area contributed by atoms with Crippen molar-refractivity contribution < 1.29 is 9.18 Å². The summed E-state index contributed by atoms with van der Waals surface area (Å²) in [6.07, 6.45) is 1.59. The number of rotatable bonds is 2. The molecule has 0 aliphatic heterocycles. The second-order valence-corrected chi connectivity index (χ2v) is 4.31. The molecule has 2 rings (SSSR count). The van der Waals surface area contributed by atoms with E-state index in [-0.39, 0.29) is 11.3 Å². The third-order valence-electron chi connectivity index (χ3n) is 2.80. The number of aryl methyl sites for hydroxylation is 1. The number of halogens is 1. The molecule has 0 fully saturated rings. The van der Waals surface area contributed by atoms with Crippen molar-refractivity contribution in [2.75, 3.05) is 11.1 Å². The van der Waals surface area contributed by atoms with Crippen LogP contribution < -0.4 is 11.1 Å². The molecule has 0 saturated carbocycles. The van der Waals surface area contributed by atoms with Crippen LogP contribution in [0, 0.1) is 19.7 Å². The summed E-state index contributed by atoms with van der Waals surface area (Å²) in [4.78, 5) is 16.0. The van der Waals surface area contributed by atoms with Gasteiger partial charge in [-0.25, -0.2) is 4.39 Å². The minimum atomic E-state index is -0.490. The molecule has 1 amide bonds. The fourth-order valence-electron chi connectivity index (χ4n) is 1.66. The zero-order chi connectivity index (χ0) is 14.0. The topological polar surface area (TPSA) is 68.0 Å². The Kier molecular flexibility index (Phi) is 3.46. The largest absolute Gasteiger partial charge is 0.398 e. The van der Waals surface area contributed by atoms with E-state index in [4.69, 9.17) is 5.73 Å². The molecule has 2 aromatic rings. The van der Waals surface area contributed by atoms with Crippen LogP contribution in [-0.4, -0.2) is 10.9 Å². The van der Waals surface area contributed by atoms with Crippen molar-refractivity contribution in [2.24, 2.45) is 0 Å². The highest BCUT2D eigenvalue weighted by Crippen LogP contribution is 2.18. The van der Waals surface area contributed by atoms with Gasteiger partial charge in [-0.1, -0.05) is 0 Å². The molecule has 1 heterocycles. The Bertz CT molecular complexity index is 617. The number of nitrogens with one attached hydrogen (secondary N) is 1. The number of anilines is 2. The lowest BCUT2D eigenvalue weighted by atomic mass is 10.1. The molecule has 0 aliphatic rings. The maximum absolute atomic E-state index is 13.5. The van der Waals surface area contributed by atoms with Gasteiger partial charge in [-0.05, 0) is 38.1 Å². The predicted octanol–water partition coefficient (Wildman–Crippen LogP) is 2.67. The number of aromatic nitrogens is 1. The summed E-state index contributed by atoms with van der Waals surface area (Å²) in [5.41, 5.74) is 7.83. The minimum Gasteiger partial charge on any atom is -0.398 e. The van der Waals surface area contributed by atoms with E-state index in [9.17, 15) is 9.18 Å². The van der Waals surface area contributed by atoms with E-state index in [0.717, 1.165) is 5.69 Å². The molecule has 1 aromatic heterocycles. The molecule has 4 nitrogen and oxygen atoms in total. The highest BCUT2D eigenvalue weighted by Gasteiger charge is 2.11. The van der Waals surface area contributed by atoms with Crippen LogP contribution in [0.3, 0.4) is 0 Å². The van der Waals surface area contributed by atoms with Crippen molar-refractivity contribution in [1.82, 2.24) is 4.98 Å². The van der Waals surface area contributed by atoms with Crippen LogP contribution in [-0.2, 0) is 0 Å². The highest BCUT2D eigenvalue weighted by atomic mass is 19.1. The van der Waals surface area contributed by atoms with Crippen molar-refractivity contribution in [3.05, 3.63) is 53.1 Å². The van der Waals surface area contributed by atoms with Gasteiger partial charge in [0.05, 0.1) is 0 Å². The van der Waals surface area contributed by atoms with E-state index in [1.807, 2.05) is 6.92 Å². The summed E-state index contributed by atoms with van der Waals surface area (Å²) in [5, 5.41) is 2.67. The van der Waals surface area contributed by atoms with Crippen molar-refractivity contribution in [3.8, 4) is 0 Å². The molecule has 19 heavy (non-hydrogen) atoms. The first-order chi connectivity index (χ1) is 8.97. The third kappa shape index (κ3) is 2.88. The lowest BCUT2D eigenvalue weighted by molar-refractivity contribution is 0.102. The van der Waals surface area contributed by atoms with Crippen LogP contribution in [0.4, 0.5) is 15.8 Å². The van der Waals surface area contributed by atoms with Crippen molar-refractivity contribution in [3.63, 3.8) is 0 Å². The fraction of sp³-hybridized carbons (Fsp3) is 0.143. The first-order valence-electron chi connectivity index (χ1n) is 5.77. The molecular formula is C14H14FN3O. The van der Waals surface area contributed by atoms with E-state index >= 15 is 0 Å². The number of nitrogen functional groups attached to an aromatic ring is 1. The molecule has 0 spiro atoms. The van der Waals surface area contributed by atoms with Gasteiger partial charge in [0.1, 0.15) is 5.82 Å². The van der Waals surface area contributed by atoms with E-state index in [1.165, 1.54) is 12.1 Å². The van der Waals surface area contributed by atoms with E-state index in [0.29, 0.717) is 11.3 Å². The van der Waals surface area contributed by atoms with Gasteiger partial charge in [0.25, 0.3) is 5.91 Å². The lowest BCUT2D eigenvalue weighted by Gasteiger charge is -2.08. The second-order valence-electron chi connectivity index (χ2n) is 4.31. The molecule has 0 unspecified atom stereocenters. The summed E-state index contributed by atoms with van der Waals surface area (Å²) in [6.45, 7) is 3.39. The summed E-state index contributed by atoms with van der Waals surface area (Å²) < 4.78 is 13.5. The minimum absolute atomic E-state index is 0.190. The molecule has 0 saturated heterocycles. The maximum atomic E-state index is 13.5. The van der Waals surface area contributed by atoms with Crippen molar-refractivity contribution >= 4 is 17.3 Å². The smallest absolute Gasteiger partial charge is 0.255 e. The highest BCUT2D eigenvalue weighted by molar-refractivity contribution is 6.04. The molecule has 0 bridgehead atoms. The number of pyridine rings is 1. The number of nitrogens with two attached hydrogens (primary N) is 1. The van der Waals surface area contributed by atoms with Gasteiger partial charge >= 0.3 is 0 Å². The second kappa shape index (κ2) is 5.06. The summed E-state index contributed by atoms with van der Waals surface area (Å²) >= 11 is 0. The summed E-state index contributed by atoms with van der Waals surface area (Å²) in [5.74, 6) is -0.896. The Labute approximate surface area is 110 Å². The molecule has 3 N–H and O–H groups in total. The molecule has 1 aromatic carbocycles. The Morgan fingerprint density at radius 1 is 1.32 bits per heavy atom. The van der Waals surface area contributed by atoms with Crippen molar-refractivity contribution in [1.29, 1.82) is 0 Å². The zero-order valence-electron chi connectivity index (χ0n) is 10.7. The lowest BCUT2D eigenvalue weighted by Crippen LogP contribution is -2.13. The Hall–Kier alpha value is -2.43. The average Bonchev–Trinajstić information content (AvgIpc) is 2.35. The number of hydrogen-bond donors (Lipinski definition) is 2. The van der Waals surface area contributed by atoms with E-state index in [2.05, 4.69) is 10.3 Å².